The van der Waals surface area contributed by atoms with Crippen molar-refractivity contribution in [3.8, 4) is 11.5 Å². The van der Waals surface area contributed by atoms with Gasteiger partial charge in [-0.05, 0) is 76.9 Å². The summed E-state index contributed by atoms with van der Waals surface area (Å²) in [6, 6.07) is 23.5. The maximum absolute atomic E-state index is 13.6. The van der Waals surface area contributed by atoms with Crippen LogP contribution in [0.1, 0.15) is 41.0 Å². The molecular weight excluding hydrogens is 492 g/mol. The molecule has 1 N–H and O–H groups in total. The lowest BCUT2D eigenvalue weighted by atomic mass is 9.96. The predicted molar refractivity (Wildman–Crippen MR) is 148 cm³/mol. The van der Waals surface area contributed by atoms with Gasteiger partial charge in [0.25, 0.3) is 5.56 Å². The number of hydrogen-bond donors (Lipinski definition) is 1. The number of tetrazole rings is 1. The summed E-state index contributed by atoms with van der Waals surface area (Å²) in [7, 11) is 1.65. The largest absolute Gasteiger partial charge is 0.497 e. The lowest BCUT2D eigenvalue weighted by Crippen LogP contribution is -2.38. The molecule has 6 rings (SSSR count). The van der Waals surface area contributed by atoms with Crippen molar-refractivity contribution in [2.75, 3.05) is 20.3 Å². The number of hydrogen-bond acceptors (Lipinski definition) is 7. The number of ether oxygens (including phenoxy) is 2. The number of H-pyrrole nitrogens is 1. The molecular formula is C30H30N6O3. The van der Waals surface area contributed by atoms with Gasteiger partial charge in [-0.1, -0.05) is 36.4 Å². The van der Waals surface area contributed by atoms with Gasteiger partial charge in [0, 0.05) is 29.6 Å². The van der Waals surface area contributed by atoms with Crippen molar-refractivity contribution in [3.63, 3.8) is 0 Å². The lowest BCUT2D eigenvalue weighted by molar-refractivity contribution is 0.194. The van der Waals surface area contributed by atoms with Crippen LogP contribution in [-0.4, -0.2) is 50.4 Å². The van der Waals surface area contributed by atoms with E-state index in [4.69, 9.17) is 9.47 Å². The highest BCUT2D eigenvalue weighted by molar-refractivity contribution is 5.80. The fraction of sp³-hybridized carbons (Fsp3) is 0.267. The fourth-order valence-electron chi connectivity index (χ4n) is 5.32. The number of rotatable bonds is 8. The molecule has 198 valence electrons. The van der Waals surface area contributed by atoms with Gasteiger partial charge in [-0.3, -0.25) is 9.69 Å². The molecule has 3 heterocycles. The third kappa shape index (κ3) is 5.00. The van der Waals surface area contributed by atoms with Gasteiger partial charge in [-0.25, -0.2) is 4.68 Å². The molecule has 0 fully saturated rings. The van der Waals surface area contributed by atoms with Gasteiger partial charge in [-0.2, -0.15) is 0 Å². The van der Waals surface area contributed by atoms with Crippen LogP contribution in [0.15, 0.2) is 77.6 Å². The van der Waals surface area contributed by atoms with E-state index in [0.717, 1.165) is 40.9 Å². The third-order valence-electron chi connectivity index (χ3n) is 7.27. The zero-order valence-electron chi connectivity index (χ0n) is 22.0. The normalized spacial score (nSPS) is 14.2. The van der Waals surface area contributed by atoms with Crippen molar-refractivity contribution in [3.05, 3.63) is 111 Å². The summed E-state index contributed by atoms with van der Waals surface area (Å²) in [5.41, 5.74) is 4.81. The minimum atomic E-state index is -0.449. The topological polar surface area (TPSA) is 98.2 Å². The number of benzene rings is 3. The van der Waals surface area contributed by atoms with E-state index in [2.05, 4.69) is 49.7 Å². The SMILES string of the molecule is CCOc1ccc2[nH]c(=O)c([C@H](c3nnnn3Cc3ccc(OC)cc3)N3CCc4ccccc4C3)cc2c1. The van der Waals surface area contributed by atoms with Crippen LogP contribution >= 0.6 is 0 Å². The van der Waals surface area contributed by atoms with Gasteiger partial charge in [0.2, 0.25) is 0 Å². The molecule has 0 amide bonds. The number of methoxy groups -OCH3 is 1. The van der Waals surface area contributed by atoms with Gasteiger partial charge in [0.15, 0.2) is 5.82 Å². The Bertz CT molecular complexity index is 1660. The first kappa shape index (κ1) is 24.8. The molecule has 39 heavy (non-hydrogen) atoms. The van der Waals surface area contributed by atoms with Crippen LogP contribution in [0.3, 0.4) is 0 Å². The average molecular weight is 523 g/mol. The van der Waals surface area contributed by atoms with Gasteiger partial charge in [-0.15, -0.1) is 5.10 Å². The highest BCUT2D eigenvalue weighted by Gasteiger charge is 2.32. The second kappa shape index (κ2) is 10.7. The van der Waals surface area contributed by atoms with Crippen LogP contribution in [0, 0.1) is 0 Å². The number of nitrogens with one attached hydrogen (secondary N) is 1. The van der Waals surface area contributed by atoms with Crippen molar-refractivity contribution >= 4 is 10.9 Å². The Hall–Kier alpha value is -4.50. The summed E-state index contributed by atoms with van der Waals surface area (Å²) < 4.78 is 12.8. The third-order valence-corrected chi connectivity index (χ3v) is 7.27. The standard InChI is InChI=1S/C30H30N6O3/c1-3-39-25-12-13-27-23(16-25)17-26(30(37)31-27)28(35-15-14-21-6-4-5-7-22(21)19-35)29-32-33-34-36(29)18-20-8-10-24(38-2)11-9-20/h4-13,16-17,28H,3,14-15,18-19H2,1-2H3,(H,31,37)/t28-/m1/s1. The van der Waals surface area contributed by atoms with Crippen LogP contribution in [0.25, 0.3) is 10.9 Å². The smallest absolute Gasteiger partial charge is 0.253 e. The van der Waals surface area contributed by atoms with E-state index < -0.39 is 6.04 Å². The molecule has 9 heteroatoms. The number of aromatic amines is 1. The number of fused-ring (bicyclic) bond motifs is 2. The second-order valence-corrected chi connectivity index (χ2v) is 9.67. The Morgan fingerprint density at radius 2 is 1.79 bits per heavy atom. The molecule has 0 radical (unpaired) electrons. The fourth-order valence-corrected chi connectivity index (χ4v) is 5.32. The second-order valence-electron chi connectivity index (χ2n) is 9.67. The van der Waals surface area contributed by atoms with Crippen LogP contribution in [-0.2, 0) is 19.5 Å². The lowest BCUT2D eigenvalue weighted by Gasteiger charge is -2.34. The maximum Gasteiger partial charge on any atom is 0.253 e. The number of aromatic nitrogens is 5. The summed E-state index contributed by atoms with van der Waals surface area (Å²) in [6.07, 6.45) is 0.882. The maximum atomic E-state index is 13.6. The van der Waals surface area contributed by atoms with Gasteiger partial charge < -0.3 is 14.5 Å². The zero-order valence-corrected chi connectivity index (χ0v) is 22.0. The summed E-state index contributed by atoms with van der Waals surface area (Å²) in [6.45, 7) is 4.44. The molecule has 0 saturated heterocycles. The summed E-state index contributed by atoms with van der Waals surface area (Å²) in [5, 5.41) is 13.8. The molecule has 3 aromatic carbocycles. The average Bonchev–Trinajstić information content (AvgIpc) is 3.41. The summed E-state index contributed by atoms with van der Waals surface area (Å²) in [4.78, 5) is 19.0. The Morgan fingerprint density at radius 3 is 2.59 bits per heavy atom. The van der Waals surface area contributed by atoms with E-state index in [0.29, 0.717) is 31.1 Å². The summed E-state index contributed by atoms with van der Waals surface area (Å²) >= 11 is 0. The van der Waals surface area contributed by atoms with E-state index in [1.54, 1.807) is 11.8 Å². The van der Waals surface area contributed by atoms with Crippen molar-refractivity contribution in [1.29, 1.82) is 0 Å². The molecule has 2 aromatic heterocycles. The Labute approximate surface area is 226 Å². The minimum Gasteiger partial charge on any atom is -0.497 e. The number of nitrogens with zero attached hydrogens (tertiary/aromatic N) is 5. The molecule has 0 saturated carbocycles. The van der Waals surface area contributed by atoms with E-state index in [-0.39, 0.29) is 5.56 Å². The Kier molecular flexibility index (Phi) is 6.81. The Morgan fingerprint density at radius 1 is 1.00 bits per heavy atom. The molecule has 0 bridgehead atoms. The molecule has 0 spiro atoms. The predicted octanol–water partition coefficient (Wildman–Crippen LogP) is 4.12. The number of pyridine rings is 1. The highest BCUT2D eigenvalue weighted by atomic mass is 16.5. The van der Waals surface area contributed by atoms with Crippen LogP contribution in [0.4, 0.5) is 0 Å². The van der Waals surface area contributed by atoms with Gasteiger partial charge in [0.05, 0.1) is 20.3 Å². The molecule has 1 aliphatic heterocycles. The zero-order chi connectivity index (χ0) is 26.8. The van der Waals surface area contributed by atoms with Crippen molar-refractivity contribution in [2.45, 2.75) is 32.5 Å². The van der Waals surface area contributed by atoms with E-state index >= 15 is 0 Å². The molecule has 1 atom stereocenters. The van der Waals surface area contributed by atoms with Gasteiger partial charge >= 0.3 is 0 Å². The molecule has 5 aromatic rings. The minimum absolute atomic E-state index is 0.158. The summed E-state index contributed by atoms with van der Waals surface area (Å²) in [5.74, 6) is 2.17. The van der Waals surface area contributed by atoms with Gasteiger partial charge in [0.1, 0.15) is 17.5 Å². The van der Waals surface area contributed by atoms with Crippen LogP contribution in [0.5, 0.6) is 11.5 Å². The first-order valence-corrected chi connectivity index (χ1v) is 13.1. The van der Waals surface area contributed by atoms with Crippen molar-refractivity contribution in [1.82, 2.24) is 30.1 Å². The first-order valence-electron chi connectivity index (χ1n) is 13.1. The van der Waals surface area contributed by atoms with E-state index in [1.807, 2.05) is 55.5 Å². The molecule has 0 aliphatic carbocycles. The Balaban J connectivity index is 1.45. The molecule has 0 unspecified atom stereocenters. The molecule has 1 aliphatic rings. The van der Waals surface area contributed by atoms with Crippen LogP contribution < -0.4 is 15.0 Å². The van der Waals surface area contributed by atoms with E-state index in [1.165, 1.54) is 11.1 Å². The van der Waals surface area contributed by atoms with Crippen molar-refractivity contribution < 1.29 is 9.47 Å². The molecule has 9 nitrogen and oxygen atoms in total. The monoisotopic (exact) mass is 522 g/mol. The quantitative estimate of drug-likeness (QED) is 0.327. The first-order chi connectivity index (χ1) is 19.1. The van der Waals surface area contributed by atoms with Crippen LogP contribution in [0.2, 0.25) is 0 Å². The van der Waals surface area contributed by atoms with E-state index in [9.17, 15) is 4.79 Å². The highest BCUT2D eigenvalue weighted by Crippen LogP contribution is 2.32. The van der Waals surface area contributed by atoms with Crippen molar-refractivity contribution in [2.24, 2.45) is 0 Å².